The third-order valence-corrected chi connectivity index (χ3v) is 7.44. The van der Waals surface area contributed by atoms with Crippen molar-refractivity contribution >= 4 is 17.8 Å². The van der Waals surface area contributed by atoms with Gasteiger partial charge in [0.1, 0.15) is 6.04 Å². The molecule has 7 heteroatoms. The molecule has 2 amide bonds. The summed E-state index contributed by atoms with van der Waals surface area (Å²) >= 11 is 0. The van der Waals surface area contributed by atoms with Crippen LogP contribution in [0.25, 0.3) is 0 Å². The molecular weight excluding hydrogens is 418 g/mol. The lowest BCUT2D eigenvalue weighted by Gasteiger charge is -2.38. The van der Waals surface area contributed by atoms with Crippen LogP contribution in [0, 0.1) is 11.8 Å². The minimum absolute atomic E-state index is 0.0330. The Morgan fingerprint density at radius 3 is 2.06 bits per heavy atom. The molecule has 1 rings (SSSR count). The fourth-order valence-electron chi connectivity index (χ4n) is 4.81. The van der Waals surface area contributed by atoms with Gasteiger partial charge in [-0.2, -0.15) is 0 Å². The number of nitrogens with zero attached hydrogens (tertiary/aromatic N) is 1. The standard InChI is InChI=1S/C26H47N3O4/c1-9-19(7)28-26(10-2,11-3)25(33)27-22(20-14-12-13-15-20)23(30)29(8)21(17(4)5)16-18(6)24(31)32/h16-17,19-22,28H,9-15H2,1-8H3,(H,27,33)(H,31,32)/b18-16+/t19?,21-,22+/m1/s1. The van der Waals surface area contributed by atoms with Crippen LogP contribution in [-0.4, -0.2) is 58.5 Å². The van der Waals surface area contributed by atoms with E-state index >= 15 is 0 Å². The molecule has 0 aromatic carbocycles. The predicted molar refractivity (Wildman–Crippen MR) is 133 cm³/mol. The van der Waals surface area contributed by atoms with E-state index in [4.69, 9.17) is 0 Å². The third kappa shape index (κ3) is 7.56. The zero-order chi connectivity index (χ0) is 25.3. The molecule has 1 unspecified atom stereocenters. The lowest BCUT2D eigenvalue weighted by molar-refractivity contribution is -0.140. The van der Waals surface area contributed by atoms with E-state index in [0.717, 1.165) is 32.1 Å². The van der Waals surface area contributed by atoms with Gasteiger partial charge in [-0.25, -0.2) is 4.79 Å². The van der Waals surface area contributed by atoms with Gasteiger partial charge >= 0.3 is 5.97 Å². The van der Waals surface area contributed by atoms with Crippen molar-refractivity contribution in [1.29, 1.82) is 0 Å². The summed E-state index contributed by atoms with van der Waals surface area (Å²) in [4.78, 5) is 40.4. The van der Waals surface area contributed by atoms with Crippen LogP contribution in [0.4, 0.5) is 0 Å². The van der Waals surface area contributed by atoms with Gasteiger partial charge in [0, 0.05) is 18.7 Å². The topological polar surface area (TPSA) is 98.7 Å². The fourth-order valence-corrected chi connectivity index (χ4v) is 4.81. The Kier molecular flexibility index (Phi) is 11.6. The van der Waals surface area contributed by atoms with E-state index in [9.17, 15) is 19.5 Å². The minimum atomic E-state index is -0.992. The quantitative estimate of drug-likeness (QED) is 0.355. The van der Waals surface area contributed by atoms with Crippen LogP contribution in [-0.2, 0) is 14.4 Å². The largest absolute Gasteiger partial charge is 0.478 e. The number of likely N-dealkylation sites (N-methyl/N-ethyl adjacent to an activating group) is 1. The average Bonchev–Trinajstić information content (AvgIpc) is 3.32. The molecule has 0 aromatic rings. The first kappa shape index (κ1) is 29.1. The van der Waals surface area contributed by atoms with Crippen molar-refractivity contribution in [1.82, 2.24) is 15.5 Å². The molecule has 0 spiro atoms. The molecule has 190 valence electrons. The molecule has 1 saturated carbocycles. The van der Waals surface area contributed by atoms with Gasteiger partial charge < -0.3 is 20.6 Å². The van der Waals surface area contributed by atoms with Crippen molar-refractivity contribution in [3.05, 3.63) is 11.6 Å². The second-order valence-electron chi connectivity index (χ2n) is 10.1. The predicted octanol–water partition coefficient (Wildman–Crippen LogP) is 4.12. The summed E-state index contributed by atoms with van der Waals surface area (Å²) in [5.41, 5.74) is -0.508. The van der Waals surface area contributed by atoms with Crippen LogP contribution in [0.1, 0.15) is 93.4 Å². The summed E-state index contributed by atoms with van der Waals surface area (Å²) in [6.07, 6.45) is 7.75. The highest BCUT2D eigenvalue weighted by Crippen LogP contribution is 2.30. The Morgan fingerprint density at radius 1 is 1.09 bits per heavy atom. The van der Waals surface area contributed by atoms with Gasteiger partial charge in [-0.1, -0.05) is 53.5 Å². The van der Waals surface area contributed by atoms with Gasteiger partial charge in [0.15, 0.2) is 0 Å². The van der Waals surface area contributed by atoms with E-state index in [2.05, 4.69) is 24.5 Å². The van der Waals surface area contributed by atoms with Gasteiger partial charge in [0.05, 0.1) is 11.6 Å². The molecular formula is C26H47N3O4. The Morgan fingerprint density at radius 2 is 1.64 bits per heavy atom. The number of carboxylic acids is 1. The van der Waals surface area contributed by atoms with Crippen LogP contribution in [0.5, 0.6) is 0 Å². The first-order chi connectivity index (χ1) is 15.4. The van der Waals surface area contributed by atoms with Gasteiger partial charge in [0.25, 0.3) is 0 Å². The number of carboxylic acid groups (broad SMARTS) is 1. The number of hydrogen-bond acceptors (Lipinski definition) is 4. The molecule has 7 nitrogen and oxygen atoms in total. The molecule has 1 aliphatic carbocycles. The highest BCUT2D eigenvalue weighted by molar-refractivity contribution is 5.92. The molecule has 0 aromatic heterocycles. The Labute approximate surface area is 200 Å². The number of aliphatic carboxylic acids is 1. The molecule has 0 bridgehead atoms. The fraction of sp³-hybridized carbons (Fsp3) is 0.808. The van der Waals surface area contributed by atoms with Crippen LogP contribution in [0.3, 0.4) is 0 Å². The zero-order valence-corrected chi connectivity index (χ0v) is 22.0. The van der Waals surface area contributed by atoms with Gasteiger partial charge in [-0.15, -0.1) is 0 Å². The summed E-state index contributed by atoms with van der Waals surface area (Å²) in [5, 5.41) is 16.0. The summed E-state index contributed by atoms with van der Waals surface area (Å²) in [7, 11) is 1.72. The number of nitrogens with one attached hydrogen (secondary N) is 2. The SMILES string of the molecule is CCC(C)NC(CC)(CC)C(=O)N[C@H](C(=O)N(C)[C@H](/C=C(\C)C(=O)O)C(C)C)C1CCCC1. The van der Waals surface area contributed by atoms with Crippen molar-refractivity contribution < 1.29 is 19.5 Å². The smallest absolute Gasteiger partial charge is 0.331 e. The first-order valence-electron chi connectivity index (χ1n) is 12.7. The second kappa shape index (κ2) is 13.1. The maximum atomic E-state index is 13.8. The monoisotopic (exact) mass is 465 g/mol. The van der Waals surface area contributed by atoms with Crippen molar-refractivity contribution in [2.45, 2.75) is 117 Å². The first-order valence-corrected chi connectivity index (χ1v) is 12.7. The van der Waals surface area contributed by atoms with Crippen LogP contribution >= 0.6 is 0 Å². The van der Waals surface area contributed by atoms with Crippen molar-refractivity contribution in [2.75, 3.05) is 7.05 Å². The highest BCUT2D eigenvalue weighted by atomic mass is 16.4. The number of hydrogen-bond donors (Lipinski definition) is 3. The average molecular weight is 466 g/mol. The number of carbonyl (C=O) groups is 3. The van der Waals surface area contributed by atoms with E-state index in [-0.39, 0.29) is 41.3 Å². The Bertz CT molecular complexity index is 694. The van der Waals surface area contributed by atoms with Crippen LogP contribution in [0.15, 0.2) is 11.6 Å². The van der Waals surface area contributed by atoms with E-state index in [0.29, 0.717) is 12.8 Å². The second-order valence-corrected chi connectivity index (χ2v) is 10.1. The van der Waals surface area contributed by atoms with Crippen LogP contribution < -0.4 is 10.6 Å². The molecule has 0 saturated heterocycles. The van der Waals surface area contributed by atoms with E-state index in [1.807, 2.05) is 27.7 Å². The molecule has 0 aliphatic heterocycles. The van der Waals surface area contributed by atoms with Gasteiger partial charge in [-0.3, -0.25) is 9.59 Å². The Hall–Kier alpha value is -1.89. The Balaban J connectivity index is 3.25. The molecule has 1 fully saturated rings. The minimum Gasteiger partial charge on any atom is -0.478 e. The zero-order valence-electron chi connectivity index (χ0n) is 22.0. The number of carbonyl (C=O) groups excluding carboxylic acids is 2. The molecule has 0 heterocycles. The van der Waals surface area contributed by atoms with Gasteiger partial charge in [0.2, 0.25) is 11.8 Å². The maximum Gasteiger partial charge on any atom is 0.331 e. The third-order valence-electron chi connectivity index (χ3n) is 7.44. The van der Waals surface area contributed by atoms with E-state index < -0.39 is 17.6 Å². The van der Waals surface area contributed by atoms with Crippen molar-refractivity contribution in [3.63, 3.8) is 0 Å². The van der Waals surface area contributed by atoms with Crippen LogP contribution in [0.2, 0.25) is 0 Å². The normalized spacial score (nSPS) is 18.2. The van der Waals surface area contributed by atoms with Crippen molar-refractivity contribution in [3.8, 4) is 0 Å². The maximum absolute atomic E-state index is 13.8. The number of rotatable bonds is 13. The van der Waals surface area contributed by atoms with Gasteiger partial charge in [-0.05, 0) is 57.8 Å². The lowest BCUT2D eigenvalue weighted by atomic mass is 9.88. The summed E-state index contributed by atoms with van der Waals surface area (Å²) in [6, 6.07) is -0.788. The molecule has 3 N–H and O–H groups in total. The highest BCUT2D eigenvalue weighted by Gasteiger charge is 2.41. The molecule has 33 heavy (non-hydrogen) atoms. The van der Waals surface area contributed by atoms with E-state index in [1.54, 1.807) is 24.9 Å². The van der Waals surface area contributed by atoms with Crippen molar-refractivity contribution in [2.24, 2.45) is 11.8 Å². The molecule has 1 aliphatic rings. The van der Waals surface area contributed by atoms with E-state index in [1.165, 1.54) is 0 Å². The molecule has 3 atom stereocenters. The summed E-state index contributed by atoms with van der Waals surface area (Å²) < 4.78 is 0. The summed E-state index contributed by atoms with van der Waals surface area (Å²) in [6.45, 7) is 13.7. The molecule has 0 radical (unpaired) electrons. The summed E-state index contributed by atoms with van der Waals surface area (Å²) in [5.74, 6) is -1.13. The number of amides is 2. The lowest BCUT2D eigenvalue weighted by Crippen LogP contribution is -2.63.